The molecule has 0 aliphatic carbocycles. The van der Waals surface area contributed by atoms with Crippen LogP contribution < -0.4 is 16.0 Å². The van der Waals surface area contributed by atoms with E-state index in [9.17, 15) is 18.7 Å². The first-order chi connectivity index (χ1) is 23.4. The van der Waals surface area contributed by atoms with E-state index < -0.39 is 12.0 Å². The molecule has 0 saturated carbocycles. The first-order valence-corrected chi connectivity index (χ1v) is 18.5. The number of benzene rings is 2. The smallest absolute Gasteiger partial charge is 0.320 e. The van der Waals surface area contributed by atoms with Crippen molar-refractivity contribution in [3.05, 3.63) is 83.6 Å². The number of fused-ring (bicyclic) bond motifs is 2. The van der Waals surface area contributed by atoms with Crippen molar-refractivity contribution in [2.75, 3.05) is 25.5 Å². The number of likely N-dealkylation sites (N-methyl/N-ethyl adjacent to an activating group) is 1. The van der Waals surface area contributed by atoms with Crippen molar-refractivity contribution in [1.82, 2.24) is 10.6 Å². The fraction of sp³-hybridized carbons (Fsp3) is 0.447. The minimum Gasteiger partial charge on any atom is -0.480 e. The highest BCUT2D eigenvalue weighted by atomic mass is 32.2. The SMILES string of the molecule is CNC(CCCCNC(=O)CCCCC[N+]1=C(/C=C/C=C/C=C2\Nc3ccc(SO)cc3C2(C)C)C(C)(C)c2cc(SO)ccc21)C(=O)O. The van der Waals surface area contributed by atoms with Crippen LogP contribution in [0.4, 0.5) is 11.4 Å². The van der Waals surface area contributed by atoms with Gasteiger partial charge in [-0.1, -0.05) is 32.1 Å². The number of allylic oxidation sites excluding steroid dienone is 6. The molecular weight excluding hydrogens is 657 g/mol. The topological polar surface area (TPSA) is 134 Å². The molecule has 2 heterocycles. The number of carboxylic acids is 1. The number of hydrogen-bond acceptors (Lipinski definition) is 8. The molecule has 2 aromatic rings. The molecule has 264 valence electrons. The van der Waals surface area contributed by atoms with Crippen molar-refractivity contribution in [2.24, 2.45) is 0 Å². The van der Waals surface area contributed by atoms with Gasteiger partial charge in [0.15, 0.2) is 5.71 Å². The number of aliphatic carboxylic acids is 1. The Bertz CT molecular complexity index is 1630. The van der Waals surface area contributed by atoms with Gasteiger partial charge in [0.25, 0.3) is 0 Å². The number of rotatable bonds is 18. The third-order valence-electron chi connectivity index (χ3n) is 9.59. The molecule has 0 spiro atoms. The summed E-state index contributed by atoms with van der Waals surface area (Å²) in [6.45, 7) is 10.2. The lowest BCUT2D eigenvalue weighted by Crippen LogP contribution is -2.33. The summed E-state index contributed by atoms with van der Waals surface area (Å²) in [6, 6.07) is 11.5. The summed E-state index contributed by atoms with van der Waals surface area (Å²) in [5.74, 6) is -0.810. The molecule has 2 aliphatic rings. The van der Waals surface area contributed by atoms with Crippen LogP contribution in [0.1, 0.15) is 83.8 Å². The van der Waals surface area contributed by atoms with Crippen LogP contribution in [-0.2, 0) is 20.4 Å². The normalized spacial score (nSPS) is 17.5. The number of carbonyl (C=O) groups excluding carboxylic acids is 1. The third kappa shape index (κ3) is 9.46. The zero-order chi connectivity index (χ0) is 35.6. The lowest BCUT2D eigenvalue weighted by Gasteiger charge is -2.20. The van der Waals surface area contributed by atoms with E-state index in [1.807, 2.05) is 30.3 Å². The van der Waals surface area contributed by atoms with Crippen LogP contribution >= 0.6 is 24.1 Å². The molecule has 1 atom stereocenters. The molecule has 11 heteroatoms. The summed E-state index contributed by atoms with van der Waals surface area (Å²) in [5.41, 5.74) is 6.34. The van der Waals surface area contributed by atoms with Crippen molar-refractivity contribution < 1.29 is 28.4 Å². The van der Waals surface area contributed by atoms with Crippen LogP contribution in [0.3, 0.4) is 0 Å². The van der Waals surface area contributed by atoms with Crippen LogP contribution in [-0.4, -0.2) is 62.6 Å². The minimum absolute atomic E-state index is 0.0380. The Balaban J connectivity index is 1.36. The summed E-state index contributed by atoms with van der Waals surface area (Å²) in [4.78, 5) is 25.1. The zero-order valence-corrected chi connectivity index (χ0v) is 30.8. The Morgan fingerprint density at radius 2 is 1.61 bits per heavy atom. The predicted octanol–water partition coefficient (Wildman–Crippen LogP) is 8.11. The highest BCUT2D eigenvalue weighted by molar-refractivity contribution is 7.94. The predicted molar refractivity (Wildman–Crippen MR) is 201 cm³/mol. The van der Waals surface area contributed by atoms with Gasteiger partial charge in [-0.3, -0.25) is 9.59 Å². The molecule has 0 fully saturated rings. The molecule has 6 N–H and O–H groups in total. The van der Waals surface area contributed by atoms with Crippen molar-refractivity contribution in [3.8, 4) is 0 Å². The monoisotopic (exact) mass is 707 g/mol. The second-order valence-electron chi connectivity index (χ2n) is 13.6. The fourth-order valence-electron chi connectivity index (χ4n) is 6.63. The molecule has 49 heavy (non-hydrogen) atoms. The molecule has 0 radical (unpaired) electrons. The highest BCUT2D eigenvalue weighted by Crippen LogP contribution is 2.45. The maximum absolute atomic E-state index is 12.4. The van der Waals surface area contributed by atoms with Crippen molar-refractivity contribution >= 4 is 53.0 Å². The molecule has 1 amide bonds. The number of nitrogens with one attached hydrogen (secondary N) is 3. The molecule has 0 saturated heterocycles. The van der Waals surface area contributed by atoms with Crippen LogP contribution in [0, 0.1) is 0 Å². The summed E-state index contributed by atoms with van der Waals surface area (Å²) in [7, 11) is 1.65. The van der Waals surface area contributed by atoms with Gasteiger partial charge in [0.05, 0.1) is 5.41 Å². The molecule has 0 bridgehead atoms. The molecule has 9 nitrogen and oxygen atoms in total. The molecule has 0 aromatic heterocycles. The van der Waals surface area contributed by atoms with Crippen LogP contribution in [0.5, 0.6) is 0 Å². The van der Waals surface area contributed by atoms with Gasteiger partial charge in [0.2, 0.25) is 11.6 Å². The first-order valence-electron chi connectivity index (χ1n) is 17.0. The Morgan fingerprint density at radius 3 is 2.31 bits per heavy atom. The maximum atomic E-state index is 12.4. The largest absolute Gasteiger partial charge is 0.480 e. The van der Waals surface area contributed by atoms with Crippen LogP contribution in [0.25, 0.3) is 0 Å². The maximum Gasteiger partial charge on any atom is 0.320 e. The first kappa shape index (κ1) is 38.5. The van der Waals surface area contributed by atoms with E-state index >= 15 is 0 Å². The van der Waals surface area contributed by atoms with Gasteiger partial charge in [0, 0.05) is 87.8 Å². The highest BCUT2D eigenvalue weighted by Gasteiger charge is 2.44. The van der Waals surface area contributed by atoms with Gasteiger partial charge in [0.1, 0.15) is 12.6 Å². The lowest BCUT2D eigenvalue weighted by atomic mass is 9.81. The molecule has 2 aliphatic heterocycles. The van der Waals surface area contributed by atoms with E-state index in [2.05, 4.69) is 84.7 Å². The number of anilines is 1. The number of nitrogens with zero attached hydrogens (tertiary/aromatic N) is 1. The van der Waals surface area contributed by atoms with Gasteiger partial charge < -0.3 is 30.2 Å². The van der Waals surface area contributed by atoms with Crippen molar-refractivity contribution in [2.45, 2.75) is 99.3 Å². The van der Waals surface area contributed by atoms with Gasteiger partial charge in [-0.25, -0.2) is 0 Å². The number of unbranched alkanes of at least 4 members (excludes halogenated alkanes) is 3. The van der Waals surface area contributed by atoms with Crippen LogP contribution in [0.2, 0.25) is 0 Å². The Morgan fingerprint density at radius 1 is 0.898 bits per heavy atom. The van der Waals surface area contributed by atoms with Gasteiger partial charge in [-0.15, -0.1) is 0 Å². The second kappa shape index (κ2) is 17.5. The van der Waals surface area contributed by atoms with E-state index in [0.29, 0.717) is 19.4 Å². The Kier molecular flexibility index (Phi) is 13.8. The minimum atomic E-state index is -0.848. The molecule has 2 aromatic carbocycles. The van der Waals surface area contributed by atoms with Crippen molar-refractivity contribution in [3.63, 3.8) is 0 Å². The van der Waals surface area contributed by atoms with E-state index in [-0.39, 0.29) is 16.7 Å². The second-order valence-corrected chi connectivity index (χ2v) is 14.9. The van der Waals surface area contributed by atoms with Crippen LogP contribution in [0.15, 0.2) is 82.3 Å². The zero-order valence-electron chi connectivity index (χ0n) is 29.2. The Hall–Kier alpha value is -3.35. The van der Waals surface area contributed by atoms with E-state index in [1.165, 1.54) is 11.3 Å². The Labute approximate surface area is 299 Å². The number of carboxylic acid groups (broad SMARTS) is 1. The molecular formula is C38H51N4O5S2+. The summed E-state index contributed by atoms with van der Waals surface area (Å²) >= 11 is 1.53. The van der Waals surface area contributed by atoms with Gasteiger partial charge in [-0.2, -0.15) is 4.58 Å². The average Bonchev–Trinajstić information content (AvgIpc) is 3.45. The third-order valence-corrected chi connectivity index (χ3v) is 10.5. The molecule has 1 unspecified atom stereocenters. The van der Waals surface area contributed by atoms with E-state index in [1.54, 1.807) is 7.05 Å². The van der Waals surface area contributed by atoms with Crippen molar-refractivity contribution in [1.29, 1.82) is 0 Å². The lowest BCUT2D eigenvalue weighted by molar-refractivity contribution is -0.438. The standard InChI is InChI=1S/C38H50N4O5S2/c1-37(2)28-24-26(48-46)18-20-30(28)41-33(37)15-8-6-9-16-34-38(3,4)29-25-27(49-47)19-21-32(29)42(34)23-13-7-10-17-35(43)40-22-12-11-14-31(39-5)36(44)45/h6,8-9,15-16,18-21,24-25,31,39H,7,10-14,17,22-23H2,1-5H3,(H4,40,43,44,45,46,47)/p+1. The van der Waals surface area contributed by atoms with Gasteiger partial charge >= 0.3 is 5.97 Å². The van der Waals surface area contributed by atoms with E-state index in [4.69, 9.17) is 5.11 Å². The average molecular weight is 708 g/mol. The van der Waals surface area contributed by atoms with E-state index in [0.717, 1.165) is 95.2 Å². The van der Waals surface area contributed by atoms with Gasteiger partial charge in [-0.05, 0) is 95.0 Å². The number of carbonyl (C=O) groups is 2. The summed E-state index contributed by atoms with van der Waals surface area (Å²) in [5, 5.41) is 18.4. The quantitative estimate of drug-likeness (QED) is 0.0393. The molecule has 4 rings (SSSR count). The fourth-order valence-corrected chi connectivity index (χ4v) is 7.23. The number of hydrogen-bond donors (Lipinski definition) is 6. The summed E-state index contributed by atoms with van der Waals surface area (Å²) < 4.78 is 21.6. The summed E-state index contributed by atoms with van der Waals surface area (Å²) in [6.07, 6.45) is 15.6. The number of amides is 1.